The standard InChI is InChI=1S/C19H25N/c1-14-10-11-17(16-9-5-4-8-15(14)16)18(20)19(2)12-6-3-7-13-19/h4-5,8-11,18H,3,6-7,12-13,20H2,1-2H3. The summed E-state index contributed by atoms with van der Waals surface area (Å²) in [6.07, 6.45) is 6.55. The molecule has 0 aliphatic heterocycles. The van der Waals surface area contributed by atoms with Crippen LogP contribution in [0, 0.1) is 12.3 Å². The molecule has 0 spiro atoms. The van der Waals surface area contributed by atoms with Crippen LogP contribution in [0.2, 0.25) is 0 Å². The quantitative estimate of drug-likeness (QED) is 0.803. The Morgan fingerprint density at radius 1 is 0.950 bits per heavy atom. The van der Waals surface area contributed by atoms with E-state index in [0.717, 1.165) is 0 Å². The Morgan fingerprint density at radius 3 is 2.30 bits per heavy atom. The van der Waals surface area contributed by atoms with Crippen molar-refractivity contribution in [2.24, 2.45) is 11.1 Å². The van der Waals surface area contributed by atoms with E-state index in [2.05, 4.69) is 50.2 Å². The van der Waals surface area contributed by atoms with Crippen molar-refractivity contribution in [3.8, 4) is 0 Å². The Balaban J connectivity index is 2.08. The molecular weight excluding hydrogens is 242 g/mol. The highest BCUT2D eigenvalue weighted by atomic mass is 14.7. The van der Waals surface area contributed by atoms with Gasteiger partial charge in [-0.2, -0.15) is 0 Å². The smallest absolute Gasteiger partial charge is 0.0355 e. The second kappa shape index (κ2) is 5.21. The molecule has 20 heavy (non-hydrogen) atoms. The number of fused-ring (bicyclic) bond motifs is 1. The van der Waals surface area contributed by atoms with Crippen LogP contribution in [-0.4, -0.2) is 0 Å². The third-order valence-electron chi connectivity index (χ3n) is 5.26. The highest BCUT2D eigenvalue weighted by Gasteiger charge is 2.34. The van der Waals surface area contributed by atoms with Gasteiger partial charge in [0.1, 0.15) is 0 Å². The molecular formula is C19H25N. The van der Waals surface area contributed by atoms with Gasteiger partial charge in [-0.15, -0.1) is 0 Å². The molecule has 0 aromatic heterocycles. The van der Waals surface area contributed by atoms with Crippen LogP contribution in [-0.2, 0) is 0 Å². The highest BCUT2D eigenvalue weighted by molar-refractivity contribution is 5.89. The van der Waals surface area contributed by atoms with Gasteiger partial charge in [-0.1, -0.05) is 62.6 Å². The van der Waals surface area contributed by atoms with Crippen molar-refractivity contribution in [3.05, 3.63) is 47.5 Å². The molecule has 1 fully saturated rings. The summed E-state index contributed by atoms with van der Waals surface area (Å²) in [6, 6.07) is 13.3. The maximum Gasteiger partial charge on any atom is 0.0355 e. The summed E-state index contributed by atoms with van der Waals surface area (Å²) in [5.41, 5.74) is 9.65. The van der Waals surface area contributed by atoms with Crippen LogP contribution in [0.5, 0.6) is 0 Å². The molecule has 0 amide bonds. The number of hydrogen-bond acceptors (Lipinski definition) is 1. The lowest BCUT2D eigenvalue weighted by Gasteiger charge is -2.39. The van der Waals surface area contributed by atoms with E-state index in [1.165, 1.54) is 54.0 Å². The van der Waals surface area contributed by atoms with Crippen molar-refractivity contribution in [1.29, 1.82) is 0 Å². The summed E-state index contributed by atoms with van der Waals surface area (Å²) in [5.74, 6) is 0. The number of hydrogen-bond donors (Lipinski definition) is 1. The summed E-state index contributed by atoms with van der Waals surface area (Å²) in [7, 11) is 0. The van der Waals surface area contributed by atoms with Crippen molar-refractivity contribution in [1.82, 2.24) is 0 Å². The van der Waals surface area contributed by atoms with E-state index in [4.69, 9.17) is 5.73 Å². The van der Waals surface area contributed by atoms with E-state index >= 15 is 0 Å². The van der Waals surface area contributed by atoms with Crippen LogP contribution in [0.25, 0.3) is 10.8 Å². The SMILES string of the molecule is Cc1ccc(C(N)C2(C)CCCCC2)c2ccccc12. The zero-order chi connectivity index (χ0) is 14.2. The zero-order valence-corrected chi connectivity index (χ0v) is 12.7. The maximum absolute atomic E-state index is 6.72. The monoisotopic (exact) mass is 267 g/mol. The summed E-state index contributed by atoms with van der Waals surface area (Å²) in [6.45, 7) is 4.56. The van der Waals surface area contributed by atoms with Gasteiger partial charge >= 0.3 is 0 Å². The first-order valence-electron chi connectivity index (χ1n) is 7.86. The Bertz CT molecular complexity index is 608. The molecule has 2 aromatic rings. The molecule has 0 heterocycles. The largest absolute Gasteiger partial charge is 0.323 e. The van der Waals surface area contributed by atoms with Gasteiger partial charge in [0.2, 0.25) is 0 Å². The lowest BCUT2D eigenvalue weighted by Crippen LogP contribution is -2.34. The fraction of sp³-hybridized carbons (Fsp3) is 0.474. The van der Waals surface area contributed by atoms with Crippen LogP contribution in [0.3, 0.4) is 0 Å². The third kappa shape index (κ3) is 2.25. The van der Waals surface area contributed by atoms with E-state index in [1.54, 1.807) is 0 Å². The van der Waals surface area contributed by atoms with Gasteiger partial charge in [-0.05, 0) is 47.1 Å². The van der Waals surface area contributed by atoms with Crippen LogP contribution in [0.1, 0.15) is 56.2 Å². The summed E-state index contributed by atoms with van der Waals surface area (Å²) in [4.78, 5) is 0. The molecule has 0 radical (unpaired) electrons. The predicted molar refractivity (Wildman–Crippen MR) is 86.8 cm³/mol. The second-order valence-electron chi connectivity index (χ2n) is 6.71. The first-order chi connectivity index (χ1) is 9.62. The molecule has 1 atom stereocenters. The van der Waals surface area contributed by atoms with Crippen molar-refractivity contribution in [2.45, 2.75) is 52.0 Å². The molecule has 2 N–H and O–H groups in total. The molecule has 2 aromatic carbocycles. The molecule has 3 rings (SSSR count). The van der Waals surface area contributed by atoms with Gasteiger partial charge < -0.3 is 5.73 Å². The average molecular weight is 267 g/mol. The lowest BCUT2D eigenvalue weighted by atomic mass is 9.68. The molecule has 1 aliphatic carbocycles. The molecule has 1 unspecified atom stereocenters. The Kier molecular flexibility index (Phi) is 3.55. The number of benzene rings is 2. The lowest BCUT2D eigenvalue weighted by molar-refractivity contribution is 0.171. The van der Waals surface area contributed by atoms with E-state index < -0.39 is 0 Å². The van der Waals surface area contributed by atoms with Crippen molar-refractivity contribution >= 4 is 10.8 Å². The topological polar surface area (TPSA) is 26.0 Å². The fourth-order valence-electron chi connectivity index (χ4n) is 3.79. The highest BCUT2D eigenvalue weighted by Crippen LogP contribution is 2.45. The van der Waals surface area contributed by atoms with Gasteiger partial charge in [-0.3, -0.25) is 0 Å². The van der Waals surface area contributed by atoms with Crippen LogP contribution in [0.15, 0.2) is 36.4 Å². The molecule has 1 heteroatoms. The summed E-state index contributed by atoms with van der Waals surface area (Å²) >= 11 is 0. The Labute approximate surface area is 122 Å². The van der Waals surface area contributed by atoms with E-state index in [1.807, 2.05) is 0 Å². The van der Waals surface area contributed by atoms with Gasteiger partial charge in [0.15, 0.2) is 0 Å². The normalized spacial score (nSPS) is 19.9. The summed E-state index contributed by atoms with van der Waals surface area (Å²) < 4.78 is 0. The van der Waals surface area contributed by atoms with Gasteiger partial charge in [0, 0.05) is 6.04 Å². The van der Waals surface area contributed by atoms with Crippen molar-refractivity contribution in [3.63, 3.8) is 0 Å². The van der Waals surface area contributed by atoms with Crippen molar-refractivity contribution < 1.29 is 0 Å². The van der Waals surface area contributed by atoms with E-state index in [0.29, 0.717) is 0 Å². The van der Waals surface area contributed by atoms with Gasteiger partial charge in [0.25, 0.3) is 0 Å². The maximum atomic E-state index is 6.72. The first-order valence-corrected chi connectivity index (χ1v) is 7.86. The molecule has 0 bridgehead atoms. The van der Waals surface area contributed by atoms with E-state index in [-0.39, 0.29) is 11.5 Å². The molecule has 106 valence electrons. The second-order valence-corrected chi connectivity index (χ2v) is 6.71. The molecule has 1 saturated carbocycles. The molecule has 0 saturated heterocycles. The van der Waals surface area contributed by atoms with Crippen LogP contribution >= 0.6 is 0 Å². The third-order valence-corrected chi connectivity index (χ3v) is 5.26. The first kappa shape index (κ1) is 13.6. The molecule has 1 aliphatic rings. The molecule has 1 nitrogen and oxygen atoms in total. The minimum atomic E-state index is 0.147. The number of aryl methyl sites for hydroxylation is 1. The Morgan fingerprint density at radius 2 is 1.60 bits per heavy atom. The Hall–Kier alpha value is -1.34. The van der Waals surface area contributed by atoms with Crippen molar-refractivity contribution in [2.75, 3.05) is 0 Å². The summed E-state index contributed by atoms with van der Waals surface area (Å²) in [5, 5.41) is 2.69. The zero-order valence-electron chi connectivity index (χ0n) is 12.7. The van der Waals surface area contributed by atoms with Crippen LogP contribution in [0.4, 0.5) is 0 Å². The minimum absolute atomic E-state index is 0.147. The number of rotatable bonds is 2. The average Bonchev–Trinajstić information content (AvgIpc) is 2.48. The van der Waals surface area contributed by atoms with Crippen LogP contribution < -0.4 is 5.73 Å². The minimum Gasteiger partial charge on any atom is -0.323 e. The van der Waals surface area contributed by atoms with E-state index in [9.17, 15) is 0 Å². The van der Waals surface area contributed by atoms with Gasteiger partial charge in [0.05, 0.1) is 0 Å². The van der Waals surface area contributed by atoms with Gasteiger partial charge in [-0.25, -0.2) is 0 Å². The number of nitrogens with two attached hydrogens (primary N) is 1. The predicted octanol–water partition coefficient (Wildman–Crippen LogP) is 5.12. The fourth-order valence-corrected chi connectivity index (χ4v) is 3.79.